The van der Waals surface area contributed by atoms with Crippen LogP contribution in [0.3, 0.4) is 0 Å². The van der Waals surface area contributed by atoms with Crippen molar-refractivity contribution < 1.29 is 33.3 Å². The molecule has 10 heteroatoms. The molecule has 0 unspecified atom stereocenters. The third-order valence-electron chi connectivity index (χ3n) is 4.70. The predicted octanol–water partition coefficient (Wildman–Crippen LogP) is 1.48. The van der Waals surface area contributed by atoms with Crippen LogP contribution >= 0.6 is 15.9 Å². The number of nitrogens with two attached hydrogens (primary N) is 1. The predicted molar refractivity (Wildman–Crippen MR) is 104 cm³/mol. The van der Waals surface area contributed by atoms with Crippen molar-refractivity contribution in [1.29, 1.82) is 0 Å². The van der Waals surface area contributed by atoms with Gasteiger partial charge in [0.15, 0.2) is 0 Å². The maximum atomic E-state index is 13.3. The summed E-state index contributed by atoms with van der Waals surface area (Å²) >= 11 is 3.36. The highest BCUT2D eigenvalue weighted by molar-refractivity contribution is 9.10. The zero-order valence-electron chi connectivity index (χ0n) is 16.0. The molecule has 0 bridgehead atoms. The molecule has 154 valence electrons. The van der Waals surface area contributed by atoms with Gasteiger partial charge in [0, 0.05) is 22.8 Å². The molecule has 2 heterocycles. The van der Waals surface area contributed by atoms with Crippen molar-refractivity contribution in [3.63, 3.8) is 0 Å². The van der Waals surface area contributed by atoms with E-state index in [2.05, 4.69) is 21.2 Å². The number of ether oxygens (including phenoxy) is 4. The number of carbonyl (C=O) groups is 3. The van der Waals surface area contributed by atoms with Crippen molar-refractivity contribution >= 4 is 39.5 Å². The number of amides is 1. The molecule has 2 aliphatic heterocycles. The molecule has 1 amide bonds. The molecule has 9 nitrogen and oxygen atoms in total. The van der Waals surface area contributed by atoms with Gasteiger partial charge in [0.1, 0.15) is 28.9 Å². The summed E-state index contributed by atoms with van der Waals surface area (Å²) in [5.74, 6) is -2.67. The molecule has 29 heavy (non-hydrogen) atoms. The van der Waals surface area contributed by atoms with Gasteiger partial charge in [0.05, 0.1) is 13.7 Å². The molecule has 1 atom stereocenters. The van der Waals surface area contributed by atoms with Gasteiger partial charge in [-0.05, 0) is 25.1 Å². The van der Waals surface area contributed by atoms with Crippen LogP contribution < -0.4 is 11.1 Å². The zero-order valence-corrected chi connectivity index (χ0v) is 17.5. The van der Waals surface area contributed by atoms with Crippen LogP contribution in [0.5, 0.6) is 0 Å². The van der Waals surface area contributed by atoms with E-state index in [-0.39, 0.29) is 36.0 Å². The van der Waals surface area contributed by atoms with E-state index in [4.69, 9.17) is 24.7 Å². The van der Waals surface area contributed by atoms with Crippen LogP contribution in [0.15, 0.2) is 45.5 Å². The Hall–Kier alpha value is -2.85. The number of allylic oxidation sites excluding steroid dienone is 1. The van der Waals surface area contributed by atoms with Gasteiger partial charge in [0.2, 0.25) is 11.8 Å². The number of hydrogen-bond donors (Lipinski definition) is 2. The number of anilines is 1. The molecule has 0 saturated heterocycles. The standard InChI is InChI=1S/C19H19BrN2O7/c1-9-13(16(23)27-3)19(11-8-10(20)4-5-12(11)22-18(19)25)14(15(21)29-9)17(24)28-7-6-26-2/h4-5,8H,6-7,21H2,1-3H3,(H,22,25)/t19-/m0/s1. The van der Waals surface area contributed by atoms with E-state index in [1.807, 2.05) is 0 Å². The van der Waals surface area contributed by atoms with Gasteiger partial charge in [-0.1, -0.05) is 15.9 Å². The largest absolute Gasteiger partial charge is 0.466 e. The van der Waals surface area contributed by atoms with E-state index in [1.165, 1.54) is 21.1 Å². The normalized spacial score (nSPS) is 20.3. The van der Waals surface area contributed by atoms with Crippen molar-refractivity contribution in [2.45, 2.75) is 12.3 Å². The molecule has 0 aliphatic carbocycles. The average molecular weight is 467 g/mol. The van der Waals surface area contributed by atoms with Crippen LogP contribution in [-0.2, 0) is 38.7 Å². The highest BCUT2D eigenvalue weighted by Gasteiger charge is 2.61. The molecule has 1 spiro atoms. The number of hydrogen-bond acceptors (Lipinski definition) is 8. The maximum Gasteiger partial charge on any atom is 0.341 e. The summed E-state index contributed by atoms with van der Waals surface area (Å²) in [6.07, 6.45) is 0. The van der Waals surface area contributed by atoms with Crippen molar-refractivity contribution in [2.24, 2.45) is 5.73 Å². The van der Waals surface area contributed by atoms with Gasteiger partial charge in [-0.3, -0.25) is 4.79 Å². The van der Waals surface area contributed by atoms with E-state index >= 15 is 0 Å². The second-order valence-corrected chi connectivity index (χ2v) is 7.20. The summed E-state index contributed by atoms with van der Waals surface area (Å²) < 4.78 is 21.1. The SMILES string of the molecule is COCCOC(=O)C1=C(N)OC(C)=C(C(=O)OC)[C@]12C(=O)Nc1ccc(Br)cc12. The Kier molecular flexibility index (Phi) is 5.67. The number of methoxy groups -OCH3 is 2. The quantitative estimate of drug-likeness (QED) is 0.493. The van der Waals surface area contributed by atoms with E-state index in [0.29, 0.717) is 15.7 Å². The number of esters is 2. The minimum absolute atomic E-state index is 0.0470. The fraction of sp³-hybridized carbons (Fsp3) is 0.316. The first-order chi connectivity index (χ1) is 13.8. The lowest BCUT2D eigenvalue weighted by Gasteiger charge is -2.35. The van der Waals surface area contributed by atoms with Crippen molar-refractivity contribution in [1.82, 2.24) is 0 Å². The van der Waals surface area contributed by atoms with Gasteiger partial charge in [-0.15, -0.1) is 0 Å². The number of carbonyl (C=O) groups excluding carboxylic acids is 3. The van der Waals surface area contributed by atoms with Gasteiger partial charge in [-0.2, -0.15) is 0 Å². The number of rotatable bonds is 5. The molecule has 0 saturated carbocycles. The lowest BCUT2D eigenvalue weighted by atomic mass is 9.67. The Bertz CT molecular complexity index is 969. The lowest BCUT2D eigenvalue weighted by molar-refractivity contribution is -0.143. The first-order valence-electron chi connectivity index (χ1n) is 8.54. The first-order valence-corrected chi connectivity index (χ1v) is 9.33. The molecule has 3 N–H and O–H groups in total. The van der Waals surface area contributed by atoms with Gasteiger partial charge in [-0.25, -0.2) is 9.59 Å². The van der Waals surface area contributed by atoms with Crippen molar-refractivity contribution in [3.05, 3.63) is 51.0 Å². The molecule has 0 fully saturated rings. The molecule has 1 aromatic rings. The summed E-state index contributed by atoms with van der Waals surface area (Å²) in [4.78, 5) is 39.1. The van der Waals surface area contributed by atoms with Crippen molar-refractivity contribution in [2.75, 3.05) is 32.8 Å². The summed E-state index contributed by atoms with van der Waals surface area (Å²) in [5, 5.41) is 2.71. The second-order valence-electron chi connectivity index (χ2n) is 6.29. The van der Waals surface area contributed by atoms with Crippen LogP contribution in [0.4, 0.5) is 5.69 Å². The molecule has 1 aromatic carbocycles. The molecule has 0 radical (unpaired) electrons. The lowest BCUT2D eigenvalue weighted by Crippen LogP contribution is -2.48. The second kappa shape index (κ2) is 7.88. The van der Waals surface area contributed by atoms with Crippen LogP contribution in [0, 0.1) is 0 Å². The zero-order chi connectivity index (χ0) is 21.3. The number of fused-ring (bicyclic) bond motifs is 2. The summed E-state index contributed by atoms with van der Waals surface area (Å²) in [7, 11) is 2.62. The van der Waals surface area contributed by atoms with E-state index in [1.54, 1.807) is 18.2 Å². The third kappa shape index (κ3) is 3.18. The molecule has 3 rings (SSSR count). The van der Waals surface area contributed by atoms with Gasteiger partial charge in [0.25, 0.3) is 0 Å². The fourth-order valence-corrected chi connectivity index (χ4v) is 3.91. The molecular weight excluding hydrogens is 448 g/mol. The Morgan fingerprint density at radius 2 is 1.93 bits per heavy atom. The van der Waals surface area contributed by atoms with Gasteiger partial charge >= 0.3 is 11.9 Å². The van der Waals surface area contributed by atoms with Crippen LogP contribution in [0.25, 0.3) is 0 Å². The first kappa shape index (κ1) is 20.9. The summed E-state index contributed by atoms with van der Waals surface area (Å²) in [5.41, 5.74) is 4.47. The van der Waals surface area contributed by atoms with Crippen molar-refractivity contribution in [3.8, 4) is 0 Å². The topological polar surface area (TPSA) is 126 Å². The fourth-order valence-electron chi connectivity index (χ4n) is 3.55. The van der Waals surface area contributed by atoms with Crippen LogP contribution in [-0.4, -0.2) is 45.3 Å². The Morgan fingerprint density at radius 1 is 1.21 bits per heavy atom. The Balaban J connectivity index is 2.30. The average Bonchev–Trinajstić information content (AvgIpc) is 2.93. The minimum atomic E-state index is -1.89. The van der Waals surface area contributed by atoms with E-state index < -0.39 is 23.3 Å². The Morgan fingerprint density at radius 3 is 2.59 bits per heavy atom. The molecule has 0 aromatic heterocycles. The minimum Gasteiger partial charge on any atom is -0.466 e. The summed E-state index contributed by atoms with van der Waals surface area (Å²) in [6, 6.07) is 5.00. The maximum absolute atomic E-state index is 13.3. The number of benzene rings is 1. The third-order valence-corrected chi connectivity index (χ3v) is 5.19. The number of halogens is 1. The highest BCUT2D eigenvalue weighted by Crippen LogP contribution is 2.52. The number of nitrogens with one attached hydrogen (secondary N) is 1. The summed E-state index contributed by atoms with van der Waals surface area (Å²) in [6.45, 7) is 1.53. The monoisotopic (exact) mass is 466 g/mol. The van der Waals surface area contributed by atoms with E-state index in [0.717, 1.165) is 0 Å². The van der Waals surface area contributed by atoms with Crippen LogP contribution in [0.2, 0.25) is 0 Å². The smallest absolute Gasteiger partial charge is 0.341 e. The van der Waals surface area contributed by atoms with Gasteiger partial charge < -0.3 is 30.0 Å². The molecule has 2 aliphatic rings. The molecular formula is C19H19BrN2O7. The Labute approximate surface area is 174 Å². The van der Waals surface area contributed by atoms with Crippen LogP contribution in [0.1, 0.15) is 12.5 Å². The van der Waals surface area contributed by atoms with E-state index in [9.17, 15) is 14.4 Å². The highest BCUT2D eigenvalue weighted by atomic mass is 79.9.